The largest absolute Gasteiger partial charge is 0.369 e. The second kappa shape index (κ2) is 8.90. The van der Waals surface area contributed by atoms with Gasteiger partial charge in [0.1, 0.15) is 23.8 Å². The van der Waals surface area contributed by atoms with Crippen LogP contribution in [0.15, 0.2) is 24.3 Å². The Morgan fingerprint density at radius 1 is 0.696 bits per heavy atom. The lowest BCUT2D eigenvalue weighted by Gasteiger charge is -2.06. The van der Waals surface area contributed by atoms with Crippen LogP contribution in [0, 0.1) is 22.7 Å². The Labute approximate surface area is 134 Å². The summed E-state index contributed by atoms with van der Waals surface area (Å²) in [6.45, 7) is 1.61. The third-order valence-corrected chi connectivity index (χ3v) is 3.02. The Morgan fingerprint density at radius 2 is 1.17 bits per heavy atom. The number of nitrogens with zero attached hydrogens (tertiary/aromatic N) is 6. The molecule has 0 aliphatic carbocycles. The maximum atomic E-state index is 8.63. The van der Waals surface area contributed by atoms with E-state index in [1.165, 1.54) is 0 Å². The van der Waals surface area contributed by atoms with Crippen LogP contribution in [0.3, 0.4) is 0 Å². The molecule has 8 heteroatoms. The third kappa shape index (κ3) is 5.56. The molecule has 0 aliphatic heterocycles. The first-order chi connectivity index (χ1) is 11.3. The van der Waals surface area contributed by atoms with E-state index in [2.05, 4.69) is 31.0 Å². The molecule has 0 spiro atoms. The maximum absolute atomic E-state index is 8.63. The summed E-state index contributed by atoms with van der Waals surface area (Å²) in [4.78, 5) is 0. The lowest BCUT2D eigenvalue weighted by Crippen LogP contribution is -2.07. The van der Waals surface area contributed by atoms with Gasteiger partial charge in [-0.3, -0.25) is 0 Å². The molecule has 2 rings (SSSR count). The summed E-state index contributed by atoms with van der Waals surface area (Å²) in [5, 5.41) is 38.9. The monoisotopic (exact) mass is 308 g/mol. The van der Waals surface area contributed by atoms with E-state index in [-0.39, 0.29) is 0 Å². The molecule has 116 valence electrons. The highest BCUT2D eigenvalue weighted by atomic mass is 15.2. The van der Waals surface area contributed by atoms with Crippen LogP contribution < -0.4 is 10.6 Å². The van der Waals surface area contributed by atoms with Crippen molar-refractivity contribution in [2.24, 2.45) is 0 Å². The van der Waals surface area contributed by atoms with Gasteiger partial charge in [-0.1, -0.05) is 0 Å². The third-order valence-electron chi connectivity index (χ3n) is 3.02. The molecule has 0 atom stereocenters. The predicted molar refractivity (Wildman–Crippen MR) is 84.3 cm³/mol. The Hall–Kier alpha value is -3.26. The number of nitrogens with one attached hydrogen (secondary N) is 2. The average molecular weight is 308 g/mol. The normalized spacial score (nSPS) is 9.65. The first kappa shape index (κ1) is 16.1. The first-order valence-corrected chi connectivity index (χ1v) is 7.27. The van der Waals surface area contributed by atoms with Gasteiger partial charge < -0.3 is 10.6 Å². The van der Waals surface area contributed by atoms with E-state index < -0.39 is 0 Å². The van der Waals surface area contributed by atoms with E-state index in [0.29, 0.717) is 23.0 Å². The van der Waals surface area contributed by atoms with Gasteiger partial charge in [-0.05, 0) is 43.5 Å². The summed E-state index contributed by atoms with van der Waals surface area (Å²) >= 11 is 0. The predicted octanol–water partition coefficient (Wildman–Crippen LogP) is 1.70. The Kier molecular flexibility index (Phi) is 6.24. The Morgan fingerprint density at radius 3 is 1.52 bits per heavy atom. The van der Waals surface area contributed by atoms with Crippen molar-refractivity contribution in [1.82, 2.24) is 20.4 Å². The van der Waals surface area contributed by atoms with E-state index >= 15 is 0 Å². The molecular weight excluding hydrogens is 292 g/mol. The fourth-order valence-electron chi connectivity index (χ4n) is 1.83. The molecule has 8 nitrogen and oxygen atoms in total. The van der Waals surface area contributed by atoms with E-state index in [0.717, 1.165) is 32.4 Å². The van der Waals surface area contributed by atoms with Crippen molar-refractivity contribution in [1.29, 1.82) is 10.5 Å². The van der Waals surface area contributed by atoms with Crippen LogP contribution in [0.25, 0.3) is 0 Å². The SMILES string of the molecule is N#Cc1ccc(NCCCCCNc2ccc(C#N)nn2)nn1. The smallest absolute Gasteiger partial charge is 0.163 e. The van der Waals surface area contributed by atoms with Crippen LogP contribution in [0.4, 0.5) is 11.6 Å². The van der Waals surface area contributed by atoms with Gasteiger partial charge in [0.25, 0.3) is 0 Å². The van der Waals surface area contributed by atoms with Crippen LogP contribution in [-0.2, 0) is 0 Å². The summed E-state index contributed by atoms with van der Waals surface area (Å²) < 4.78 is 0. The molecular formula is C15H16N8. The lowest BCUT2D eigenvalue weighted by atomic mass is 10.2. The Bertz CT molecular complexity index is 620. The number of anilines is 2. The number of nitriles is 2. The minimum atomic E-state index is 0.313. The molecule has 0 aliphatic rings. The molecule has 0 bridgehead atoms. The zero-order chi connectivity index (χ0) is 16.3. The van der Waals surface area contributed by atoms with Crippen molar-refractivity contribution in [2.75, 3.05) is 23.7 Å². The van der Waals surface area contributed by atoms with Crippen molar-refractivity contribution >= 4 is 11.6 Å². The van der Waals surface area contributed by atoms with Crippen molar-refractivity contribution in [3.05, 3.63) is 35.7 Å². The molecule has 2 aromatic heterocycles. The van der Waals surface area contributed by atoms with Crippen LogP contribution in [0.1, 0.15) is 30.7 Å². The van der Waals surface area contributed by atoms with Crippen molar-refractivity contribution in [3.63, 3.8) is 0 Å². The van der Waals surface area contributed by atoms with Gasteiger partial charge >= 0.3 is 0 Å². The summed E-state index contributed by atoms with van der Waals surface area (Å²) in [5.74, 6) is 1.35. The fourth-order valence-corrected chi connectivity index (χ4v) is 1.83. The van der Waals surface area contributed by atoms with Crippen LogP contribution in [0.2, 0.25) is 0 Å². The van der Waals surface area contributed by atoms with E-state index in [1.54, 1.807) is 24.3 Å². The van der Waals surface area contributed by atoms with Crippen molar-refractivity contribution < 1.29 is 0 Å². The summed E-state index contributed by atoms with van der Waals surface area (Å²) in [5.41, 5.74) is 0.625. The minimum Gasteiger partial charge on any atom is -0.369 e. The molecule has 0 aromatic carbocycles. The molecule has 0 unspecified atom stereocenters. The second-order valence-corrected chi connectivity index (χ2v) is 4.75. The van der Waals surface area contributed by atoms with Gasteiger partial charge in [0, 0.05) is 13.1 Å². The fraction of sp³-hybridized carbons (Fsp3) is 0.333. The highest BCUT2D eigenvalue weighted by molar-refractivity contribution is 5.35. The van der Waals surface area contributed by atoms with Crippen LogP contribution in [-0.4, -0.2) is 33.5 Å². The van der Waals surface area contributed by atoms with Gasteiger partial charge in [0.15, 0.2) is 11.4 Å². The molecule has 2 N–H and O–H groups in total. The zero-order valence-electron chi connectivity index (χ0n) is 12.5. The Balaban J connectivity index is 1.55. The van der Waals surface area contributed by atoms with Gasteiger partial charge in [-0.25, -0.2) is 0 Å². The zero-order valence-corrected chi connectivity index (χ0v) is 12.5. The second-order valence-electron chi connectivity index (χ2n) is 4.75. The number of unbranched alkanes of at least 4 members (excludes halogenated alkanes) is 2. The number of hydrogen-bond donors (Lipinski definition) is 2. The van der Waals surface area contributed by atoms with Crippen molar-refractivity contribution in [3.8, 4) is 12.1 Å². The molecule has 0 fully saturated rings. The summed E-state index contributed by atoms with van der Waals surface area (Å²) in [6.07, 6.45) is 3.05. The van der Waals surface area contributed by atoms with E-state index in [9.17, 15) is 0 Å². The highest BCUT2D eigenvalue weighted by Gasteiger charge is 1.98. The molecule has 0 amide bonds. The molecule has 23 heavy (non-hydrogen) atoms. The summed E-state index contributed by atoms with van der Waals surface area (Å²) in [6, 6.07) is 10.6. The quantitative estimate of drug-likeness (QED) is 0.706. The van der Waals surface area contributed by atoms with Gasteiger partial charge in [-0.15, -0.1) is 20.4 Å². The topological polar surface area (TPSA) is 123 Å². The van der Waals surface area contributed by atoms with Crippen LogP contribution >= 0.6 is 0 Å². The van der Waals surface area contributed by atoms with E-state index in [1.807, 2.05) is 12.1 Å². The highest BCUT2D eigenvalue weighted by Crippen LogP contribution is 2.04. The average Bonchev–Trinajstić information content (AvgIpc) is 2.62. The van der Waals surface area contributed by atoms with E-state index in [4.69, 9.17) is 10.5 Å². The molecule has 0 saturated heterocycles. The molecule has 2 aromatic rings. The summed E-state index contributed by atoms with van der Waals surface area (Å²) in [7, 11) is 0. The first-order valence-electron chi connectivity index (χ1n) is 7.27. The van der Waals surface area contributed by atoms with Gasteiger partial charge in [0.05, 0.1) is 0 Å². The van der Waals surface area contributed by atoms with Crippen LogP contribution in [0.5, 0.6) is 0 Å². The number of rotatable bonds is 8. The number of aromatic nitrogens is 4. The number of hydrogen-bond acceptors (Lipinski definition) is 8. The standard InChI is InChI=1S/C15H16N8/c16-10-12-4-6-14(22-20-12)18-8-2-1-3-9-19-15-7-5-13(11-17)21-23-15/h4-7H,1-3,8-9H2,(H,18,22)(H,19,23). The maximum Gasteiger partial charge on any atom is 0.163 e. The lowest BCUT2D eigenvalue weighted by molar-refractivity contribution is 0.717. The van der Waals surface area contributed by atoms with Gasteiger partial charge in [0.2, 0.25) is 0 Å². The molecule has 2 heterocycles. The molecule has 0 saturated carbocycles. The van der Waals surface area contributed by atoms with Gasteiger partial charge in [-0.2, -0.15) is 10.5 Å². The molecule has 0 radical (unpaired) electrons. The van der Waals surface area contributed by atoms with Crippen molar-refractivity contribution in [2.45, 2.75) is 19.3 Å². The minimum absolute atomic E-state index is 0.313.